The summed E-state index contributed by atoms with van der Waals surface area (Å²) in [5.41, 5.74) is 6.64. The van der Waals surface area contributed by atoms with Crippen LogP contribution in [0.5, 0.6) is 0 Å². The summed E-state index contributed by atoms with van der Waals surface area (Å²) >= 11 is 0. The van der Waals surface area contributed by atoms with Crippen molar-refractivity contribution < 1.29 is 18.3 Å². The summed E-state index contributed by atoms with van der Waals surface area (Å²) in [4.78, 5) is 21.0. The first-order valence-electron chi connectivity index (χ1n) is 15.1. The molecule has 2 aromatic carbocycles. The molecule has 5 aliphatic rings. The van der Waals surface area contributed by atoms with Crippen molar-refractivity contribution in [3.8, 4) is 0 Å². The average molecular weight is 580 g/mol. The molecule has 0 aromatic heterocycles. The van der Waals surface area contributed by atoms with E-state index in [-0.39, 0.29) is 24.0 Å². The third kappa shape index (κ3) is 5.08. The van der Waals surface area contributed by atoms with Crippen molar-refractivity contribution in [1.82, 2.24) is 4.72 Å². The Labute approximate surface area is 242 Å². The molecule has 4 fully saturated rings. The maximum absolute atomic E-state index is 13.9. The Morgan fingerprint density at radius 3 is 2.29 bits per heavy atom. The second-order valence-corrected chi connectivity index (χ2v) is 14.9. The topological polar surface area (TPSA) is 105 Å². The fourth-order valence-corrected chi connectivity index (χ4v) is 8.28. The highest BCUT2D eigenvalue weighted by Crippen LogP contribution is 2.55. The monoisotopic (exact) mass is 579 g/mol. The number of carbonyl (C=O) groups is 1. The zero-order chi connectivity index (χ0) is 28.4. The van der Waals surface area contributed by atoms with Gasteiger partial charge in [0.15, 0.2) is 0 Å². The van der Waals surface area contributed by atoms with Gasteiger partial charge >= 0.3 is 0 Å². The van der Waals surface area contributed by atoms with E-state index >= 15 is 0 Å². The summed E-state index contributed by atoms with van der Waals surface area (Å²) < 4.78 is 28.3. The lowest BCUT2D eigenvalue weighted by atomic mass is 9.93. The summed E-state index contributed by atoms with van der Waals surface area (Å²) in [6, 6.07) is 9.00. The van der Waals surface area contributed by atoms with E-state index in [1.807, 2.05) is 0 Å². The van der Waals surface area contributed by atoms with Crippen LogP contribution in [0, 0.1) is 10.8 Å². The molecule has 1 amide bonds. The predicted octanol–water partition coefficient (Wildman–Crippen LogP) is 3.57. The second kappa shape index (κ2) is 9.88. The molecule has 10 heteroatoms. The minimum Gasteiger partial charge on any atom is -0.395 e. The number of likely N-dealkylation sites (N-methyl/N-ethyl adjacent to an activating group) is 1. The molecule has 2 saturated heterocycles. The van der Waals surface area contributed by atoms with Crippen LogP contribution < -0.4 is 24.7 Å². The summed E-state index contributed by atoms with van der Waals surface area (Å²) in [6.45, 7) is 4.39. The van der Waals surface area contributed by atoms with Crippen molar-refractivity contribution in [1.29, 1.82) is 0 Å². The largest absolute Gasteiger partial charge is 0.395 e. The molecule has 3 heterocycles. The molecule has 41 heavy (non-hydrogen) atoms. The summed E-state index contributed by atoms with van der Waals surface area (Å²) in [6.07, 6.45) is 9.49. The Kier molecular flexibility index (Phi) is 6.52. The molecule has 0 atom stereocenters. The number of aliphatic hydroxyl groups is 1. The number of amides is 1. The number of aliphatic hydroxyl groups excluding tert-OH is 1. The van der Waals surface area contributed by atoms with Crippen LogP contribution in [0.1, 0.15) is 60.9 Å². The van der Waals surface area contributed by atoms with E-state index in [0.717, 1.165) is 57.7 Å². The van der Waals surface area contributed by atoms with Gasteiger partial charge in [-0.1, -0.05) is 0 Å². The van der Waals surface area contributed by atoms with Crippen LogP contribution in [0.15, 0.2) is 35.2 Å². The summed E-state index contributed by atoms with van der Waals surface area (Å²) in [5.74, 6) is -0.226. The van der Waals surface area contributed by atoms with Crippen LogP contribution in [0.25, 0.3) is 0 Å². The highest BCUT2D eigenvalue weighted by atomic mass is 32.2. The molecule has 3 N–H and O–H groups in total. The predicted molar refractivity (Wildman–Crippen MR) is 162 cm³/mol. The zero-order valence-electron chi connectivity index (χ0n) is 23.9. The number of hydrogen-bond donors (Lipinski definition) is 3. The number of piperidine rings is 1. The van der Waals surface area contributed by atoms with E-state index in [9.17, 15) is 13.2 Å². The van der Waals surface area contributed by atoms with Crippen LogP contribution >= 0.6 is 0 Å². The standard InChI is InChI=1S/C31H41N5O4S/c1-34-13-4-22-18-23(19-27(28(22)34)36-16-11-31(21-36)7-8-31)33-29(38)25-3-2-24(41(39,40)32-12-17-37)20-26(25)35-14-9-30(5-6-30)10-15-35/h2-3,18-20,32,37H,4-17,21H2,1H3,(H,33,38). The van der Waals surface area contributed by atoms with Gasteiger partial charge in [-0.3, -0.25) is 4.79 Å². The normalized spacial score (nSPS) is 22.0. The van der Waals surface area contributed by atoms with E-state index in [1.54, 1.807) is 12.1 Å². The first-order chi connectivity index (χ1) is 19.7. The molecule has 220 valence electrons. The lowest BCUT2D eigenvalue weighted by Crippen LogP contribution is -2.36. The lowest BCUT2D eigenvalue weighted by Gasteiger charge is -2.35. The minimum atomic E-state index is -3.81. The molecule has 2 saturated carbocycles. The highest BCUT2D eigenvalue weighted by Gasteiger charge is 2.48. The maximum Gasteiger partial charge on any atom is 0.257 e. The third-order valence-corrected chi connectivity index (χ3v) is 11.8. The minimum absolute atomic E-state index is 0.0554. The Morgan fingerprint density at radius 2 is 1.61 bits per heavy atom. The van der Waals surface area contributed by atoms with Crippen molar-refractivity contribution in [2.45, 2.75) is 56.3 Å². The molecule has 2 aliphatic carbocycles. The summed E-state index contributed by atoms with van der Waals surface area (Å²) in [7, 11) is -1.65. The molecule has 3 aliphatic heterocycles. The number of anilines is 4. The van der Waals surface area contributed by atoms with Crippen LogP contribution in [0.4, 0.5) is 22.7 Å². The van der Waals surface area contributed by atoms with E-state index in [1.165, 1.54) is 55.1 Å². The smallest absolute Gasteiger partial charge is 0.257 e. The molecule has 0 unspecified atom stereocenters. The number of hydrogen-bond acceptors (Lipinski definition) is 7. The second-order valence-electron chi connectivity index (χ2n) is 13.1. The zero-order valence-corrected chi connectivity index (χ0v) is 24.7. The van der Waals surface area contributed by atoms with Gasteiger partial charge in [-0.25, -0.2) is 13.1 Å². The van der Waals surface area contributed by atoms with Gasteiger partial charge < -0.3 is 25.1 Å². The molecule has 0 radical (unpaired) electrons. The van der Waals surface area contributed by atoms with Gasteiger partial charge in [0, 0.05) is 52.0 Å². The van der Waals surface area contributed by atoms with E-state index in [4.69, 9.17) is 5.11 Å². The number of sulfonamides is 1. The Bertz CT molecular complexity index is 1470. The Morgan fingerprint density at radius 1 is 0.902 bits per heavy atom. The Hall–Kier alpha value is -2.82. The van der Waals surface area contributed by atoms with Gasteiger partial charge in [-0.05, 0) is 98.1 Å². The number of fused-ring (bicyclic) bond motifs is 1. The SMILES string of the molecule is CN1CCc2cc(NC(=O)c3ccc(S(=O)(=O)NCCO)cc3N3CCC4(CC3)CC4)cc(N3CCC4(CC4)C3)c21. The van der Waals surface area contributed by atoms with Crippen molar-refractivity contribution in [3.63, 3.8) is 0 Å². The van der Waals surface area contributed by atoms with Crippen LogP contribution in [0.2, 0.25) is 0 Å². The van der Waals surface area contributed by atoms with Gasteiger partial charge in [0.05, 0.1) is 34.1 Å². The van der Waals surface area contributed by atoms with Crippen LogP contribution in [0.3, 0.4) is 0 Å². The summed E-state index contributed by atoms with van der Waals surface area (Å²) in [5, 5.41) is 12.3. The van der Waals surface area contributed by atoms with E-state index in [2.05, 4.69) is 43.9 Å². The van der Waals surface area contributed by atoms with E-state index in [0.29, 0.717) is 22.1 Å². The number of nitrogens with one attached hydrogen (secondary N) is 2. The maximum atomic E-state index is 13.9. The molecule has 2 spiro atoms. The highest BCUT2D eigenvalue weighted by molar-refractivity contribution is 7.89. The van der Waals surface area contributed by atoms with Crippen molar-refractivity contribution in [2.24, 2.45) is 10.8 Å². The third-order valence-electron chi connectivity index (χ3n) is 10.3. The van der Waals surface area contributed by atoms with Crippen molar-refractivity contribution in [3.05, 3.63) is 41.5 Å². The first kappa shape index (κ1) is 27.0. The van der Waals surface area contributed by atoms with Gasteiger partial charge in [0.25, 0.3) is 5.91 Å². The average Bonchev–Trinajstić information content (AvgIpc) is 3.82. The molecule has 2 aromatic rings. The first-order valence-corrected chi connectivity index (χ1v) is 16.6. The fourth-order valence-electron chi connectivity index (χ4n) is 7.24. The molecule has 0 bridgehead atoms. The number of nitrogens with zero attached hydrogens (tertiary/aromatic N) is 3. The van der Waals surface area contributed by atoms with Gasteiger partial charge in [-0.2, -0.15) is 0 Å². The van der Waals surface area contributed by atoms with Crippen molar-refractivity contribution >= 4 is 38.7 Å². The Balaban J connectivity index is 1.20. The van der Waals surface area contributed by atoms with E-state index < -0.39 is 10.0 Å². The quantitative estimate of drug-likeness (QED) is 0.439. The molecule has 7 rings (SSSR count). The number of rotatable bonds is 8. The van der Waals surface area contributed by atoms with Crippen molar-refractivity contribution in [2.75, 3.05) is 72.9 Å². The number of carbonyl (C=O) groups excluding carboxylic acids is 1. The van der Waals surface area contributed by atoms with Crippen LogP contribution in [-0.2, 0) is 16.4 Å². The van der Waals surface area contributed by atoms with Gasteiger partial charge in [-0.15, -0.1) is 0 Å². The van der Waals surface area contributed by atoms with Gasteiger partial charge in [0.1, 0.15) is 0 Å². The molecule has 9 nitrogen and oxygen atoms in total. The molecular formula is C31H41N5O4S. The molecular weight excluding hydrogens is 538 g/mol. The lowest BCUT2D eigenvalue weighted by molar-refractivity contribution is 0.102. The van der Waals surface area contributed by atoms with Gasteiger partial charge in [0.2, 0.25) is 10.0 Å². The fraction of sp³-hybridized carbons (Fsp3) is 0.581. The number of benzene rings is 2. The van der Waals surface area contributed by atoms with Crippen LogP contribution in [-0.4, -0.2) is 72.4 Å².